The first-order chi connectivity index (χ1) is 13.1. The number of H-pyrrole nitrogens is 1. The molecule has 27 heavy (non-hydrogen) atoms. The Balaban J connectivity index is 1.64. The molecule has 0 aliphatic heterocycles. The molecule has 0 amide bonds. The van der Waals surface area contributed by atoms with Crippen LogP contribution in [0.5, 0.6) is 0 Å². The first kappa shape index (κ1) is 17.1. The first-order valence-electron chi connectivity index (χ1n) is 8.16. The second-order valence-electron chi connectivity index (χ2n) is 5.98. The Morgan fingerprint density at radius 2 is 2.07 bits per heavy atom. The molecule has 2 N–H and O–H groups in total. The van der Waals surface area contributed by atoms with E-state index >= 15 is 0 Å². The van der Waals surface area contributed by atoms with Crippen LogP contribution in [0.15, 0.2) is 41.2 Å². The van der Waals surface area contributed by atoms with Crippen LogP contribution in [0.1, 0.15) is 17.2 Å². The summed E-state index contributed by atoms with van der Waals surface area (Å²) in [5.74, 6) is 0.942. The van der Waals surface area contributed by atoms with Crippen LogP contribution in [0.2, 0.25) is 0 Å². The van der Waals surface area contributed by atoms with Crippen molar-refractivity contribution < 1.29 is 5.11 Å². The molecule has 0 bridgehead atoms. The number of hydrogen-bond acceptors (Lipinski definition) is 7. The van der Waals surface area contributed by atoms with Gasteiger partial charge >= 0.3 is 0 Å². The number of aliphatic hydroxyl groups is 1. The van der Waals surface area contributed by atoms with Crippen molar-refractivity contribution in [3.63, 3.8) is 0 Å². The predicted octanol–water partition coefficient (Wildman–Crippen LogP) is 3.20. The minimum Gasteiger partial charge on any atom is -0.510 e. The monoisotopic (exact) mass is 377 g/mol. The molecular weight excluding hydrogens is 362 g/mol. The number of aromatic amines is 1. The van der Waals surface area contributed by atoms with Crippen LogP contribution in [-0.4, -0.2) is 40.4 Å². The summed E-state index contributed by atoms with van der Waals surface area (Å²) >= 11 is 1.28. The maximum Gasteiger partial charge on any atom is 0.256 e. The maximum atomic E-state index is 10.5. The van der Waals surface area contributed by atoms with Crippen LogP contribution in [-0.2, 0) is 0 Å². The lowest BCUT2D eigenvalue weighted by molar-refractivity contribution is 0.420. The molecule has 0 aliphatic rings. The van der Waals surface area contributed by atoms with E-state index in [1.165, 1.54) is 11.8 Å². The van der Waals surface area contributed by atoms with Crippen LogP contribution in [0.4, 0.5) is 0 Å². The summed E-state index contributed by atoms with van der Waals surface area (Å²) in [6.07, 6.45) is 0. The zero-order valence-corrected chi connectivity index (χ0v) is 15.4. The number of para-hydroxylation sites is 2. The van der Waals surface area contributed by atoms with Gasteiger partial charge in [0.1, 0.15) is 17.4 Å². The predicted molar refractivity (Wildman–Crippen MR) is 102 cm³/mol. The third-order valence-electron chi connectivity index (χ3n) is 4.03. The number of allylic oxidation sites excluding steroid dienone is 1. The average molecular weight is 377 g/mol. The molecule has 1 aromatic carbocycles. The zero-order chi connectivity index (χ0) is 19.0. The van der Waals surface area contributed by atoms with Gasteiger partial charge in [-0.05, 0) is 32.0 Å². The smallest absolute Gasteiger partial charge is 0.256 e. The lowest BCUT2D eigenvalue weighted by Crippen LogP contribution is -1.99. The van der Waals surface area contributed by atoms with Crippen LogP contribution in [0.25, 0.3) is 22.4 Å². The fraction of sp³-hybridized carbons (Fsp3) is 0.167. The Labute approximate surface area is 158 Å². The Hall–Kier alpha value is -3.38. The fourth-order valence-corrected chi connectivity index (χ4v) is 3.69. The lowest BCUT2D eigenvalue weighted by atomic mass is 10.2. The number of aryl methyl sites for hydroxylation is 2. The molecule has 0 aliphatic carbocycles. The largest absolute Gasteiger partial charge is 0.510 e. The minimum atomic E-state index is -0.0731. The normalized spacial score (nSPS) is 12.3. The van der Waals surface area contributed by atoms with Gasteiger partial charge in [-0.1, -0.05) is 23.9 Å². The maximum absolute atomic E-state index is 10.5. The number of nitrogens with one attached hydrogen (secondary N) is 1. The van der Waals surface area contributed by atoms with Gasteiger partial charge in [0.25, 0.3) is 5.78 Å². The minimum absolute atomic E-state index is 0.0731. The molecule has 9 heteroatoms. The number of thioether (sulfide) groups is 1. The van der Waals surface area contributed by atoms with Gasteiger partial charge in [0.05, 0.1) is 16.8 Å². The molecule has 0 unspecified atom stereocenters. The third kappa shape index (κ3) is 3.11. The highest BCUT2D eigenvalue weighted by molar-refractivity contribution is 7.99. The molecule has 0 saturated heterocycles. The molecule has 0 saturated carbocycles. The van der Waals surface area contributed by atoms with Crippen molar-refractivity contribution in [3.8, 4) is 6.07 Å². The Morgan fingerprint density at radius 1 is 1.26 bits per heavy atom. The van der Waals surface area contributed by atoms with E-state index in [9.17, 15) is 10.4 Å². The van der Waals surface area contributed by atoms with Crippen molar-refractivity contribution in [3.05, 3.63) is 53.3 Å². The number of benzene rings is 1. The molecule has 8 nitrogen and oxygen atoms in total. The number of imidazole rings is 1. The van der Waals surface area contributed by atoms with Crippen LogP contribution < -0.4 is 0 Å². The number of fused-ring (bicyclic) bond motifs is 2. The number of aromatic nitrogens is 6. The lowest BCUT2D eigenvalue weighted by Gasteiger charge is -2.04. The second-order valence-corrected chi connectivity index (χ2v) is 6.92. The summed E-state index contributed by atoms with van der Waals surface area (Å²) in [6.45, 7) is 3.84. The summed E-state index contributed by atoms with van der Waals surface area (Å²) in [5.41, 5.74) is 3.47. The number of nitriles is 1. The van der Waals surface area contributed by atoms with Gasteiger partial charge < -0.3 is 10.1 Å². The van der Waals surface area contributed by atoms with Gasteiger partial charge in [-0.2, -0.15) is 5.26 Å². The first-order valence-corrected chi connectivity index (χ1v) is 9.15. The SMILES string of the molecule is Cc1cc(C)n2c(SCC(O)=C(C#N)c3nc4ccccc4[nH]3)nnc2n1. The van der Waals surface area contributed by atoms with Crippen molar-refractivity contribution in [2.24, 2.45) is 0 Å². The number of hydrogen-bond donors (Lipinski definition) is 2. The number of nitrogens with zero attached hydrogens (tertiary/aromatic N) is 6. The molecule has 4 rings (SSSR count). The van der Waals surface area contributed by atoms with Crippen LogP contribution >= 0.6 is 11.8 Å². The molecule has 0 fully saturated rings. The van der Waals surface area contributed by atoms with E-state index in [-0.39, 0.29) is 17.1 Å². The van der Waals surface area contributed by atoms with E-state index in [1.807, 2.05) is 54.6 Å². The fourth-order valence-electron chi connectivity index (χ4n) is 2.82. The summed E-state index contributed by atoms with van der Waals surface area (Å²) in [7, 11) is 0. The molecule has 134 valence electrons. The summed E-state index contributed by atoms with van der Waals surface area (Å²) < 4.78 is 1.82. The molecule has 4 aromatic rings. The van der Waals surface area contributed by atoms with Gasteiger partial charge in [0, 0.05) is 11.4 Å². The highest BCUT2D eigenvalue weighted by atomic mass is 32.2. The topological polar surface area (TPSA) is 116 Å². The van der Waals surface area contributed by atoms with E-state index in [4.69, 9.17) is 0 Å². The Morgan fingerprint density at radius 3 is 2.85 bits per heavy atom. The van der Waals surface area contributed by atoms with Crippen LogP contribution in [0, 0.1) is 25.2 Å². The highest BCUT2D eigenvalue weighted by Gasteiger charge is 2.16. The third-order valence-corrected chi connectivity index (χ3v) is 4.97. The van der Waals surface area contributed by atoms with E-state index in [1.54, 1.807) is 0 Å². The molecule has 0 atom stereocenters. The molecular formula is C18H15N7OS. The quantitative estimate of drug-likeness (QED) is 0.319. The summed E-state index contributed by atoms with van der Waals surface area (Å²) in [6, 6.07) is 11.4. The van der Waals surface area contributed by atoms with Crippen molar-refractivity contribution in [1.29, 1.82) is 5.26 Å². The standard InChI is InChI=1S/C18H15N7OS/c1-10-7-11(2)25-17(20-10)23-24-18(25)27-9-15(26)12(8-19)16-21-13-5-3-4-6-14(13)22-16/h3-7,26H,9H2,1-2H3,(H,21,22). The zero-order valence-electron chi connectivity index (χ0n) is 14.6. The van der Waals surface area contributed by atoms with E-state index in [2.05, 4.69) is 25.1 Å². The van der Waals surface area contributed by atoms with Gasteiger partial charge in [-0.25, -0.2) is 9.97 Å². The van der Waals surface area contributed by atoms with Crippen molar-refractivity contribution in [2.45, 2.75) is 19.0 Å². The summed E-state index contributed by atoms with van der Waals surface area (Å²) in [4.78, 5) is 11.8. The second kappa shape index (κ2) is 6.74. The van der Waals surface area contributed by atoms with E-state index in [0.717, 1.165) is 22.4 Å². The Kier molecular flexibility index (Phi) is 4.25. The average Bonchev–Trinajstić information content (AvgIpc) is 3.24. The number of aliphatic hydroxyl groups excluding tert-OH is 1. The molecule has 3 aromatic heterocycles. The molecule has 3 heterocycles. The van der Waals surface area contributed by atoms with Crippen molar-refractivity contribution in [2.75, 3.05) is 5.75 Å². The number of rotatable bonds is 4. The highest BCUT2D eigenvalue weighted by Crippen LogP contribution is 2.24. The molecule has 0 radical (unpaired) electrons. The van der Waals surface area contributed by atoms with Crippen LogP contribution in [0.3, 0.4) is 0 Å². The van der Waals surface area contributed by atoms with Gasteiger partial charge in [0.2, 0.25) is 0 Å². The van der Waals surface area contributed by atoms with Gasteiger partial charge in [-0.3, -0.25) is 4.40 Å². The summed E-state index contributed by atoms with van der Waals surface area (Å²) in [5, 5.41) is 28.8. The van der Waals surface area contributed by atoms with Gasteiger partial charge in [-0.15, -0.1) is 10.2 Å². The Bertz CT molecular complexity index is 1200. The van der Waals surface area contributed by atoms with Crippen molar-refractivity contribution >= 4 is 34.1 Å². The van der Waals surface area contributed by atoms with Crippen molar-refractivity contribution in [1.82, 2.24) is 29.5 Å². The molecule has 0 spiro atoms. The van der Waals surface area contributed by atoms with Gasteiger partial charge in [0.15, 0.2) is 11.0 Å². The van der Waals surface area contributed by atoms with E-state index in [0.29, 0.717) is 16.8 Å². The van der Waals surface area contributed by atoms with E-state index < -0.39 is 0 Å².